The maximum absolute atomic E-state index is 4.81. The molecule has 2 aromatic rings. The molecule has 3 heteroatoms. The molecule has 0 aliphatic rings. The number of pyridine rings is 1. The predicted molar refractivity (Wildman–Crippen MR) is 87.2 cm³/mol. The number of nitrogens with one attached hydrogen (secondary N) is 1. The monoisotopic (exact) mass is 269 g/mol. The number of anilines is 1. The lowest BCUT2D eigenvalue weighted by molar-refractivity contribution is 0.770. The Morgan fingerprint density at radius 1 is 1.35 bits per heavy atom. The highest BCUT2D eigenvalue weighted by atomic mass is 15.2. The van der Waals surface area contributed by atoms with Crippen LogP contribution in [0.5, 0.6) is 0 Å². The third-order valence-electron chi connectivity index (χ3n) is 3.39. The molecule has 0 unspecified atom stereocenters. The molecule has 0 bridgehead atoms. The van der Waals surface area contributed by atoms with E-state index in [2.05, 4.69) is 54.2 Å². The van der Waals surface area contributed by atoms with Crippen molar-refractivity contribution in [1.29, 1.82) is 0 Å². The topological polar surface area (TPSA) is 28.2 Å². The number of allylic oxidation sites excluding steroid dienone is 1. The summed E-state index contributed by atoms with van der Waals surface area (Å²) < 4.78 is 0. The van der Waals surface area contributed by atoms with Crippen LogP contribution in [0.4, 0.5) is 5.82 Å². The van der Waals surface area contributed by atoms with Gasteiger partial charge in [-0.05, 0) is 31.3 Å². The van der Waals surface area contributed by atoms with Crippen molar-refractivity contribution in [3.05, 3.63) is 48.7 Å². The van der Waals surface area contributed by atoms with Crippen molar-refractivity contribution in [3.8, 4) is 0 Å². The van der Waals surface area contributed by atoms with E-state index in [4.69, 9.17) is 4.98 Å². The van der Waals surface area contributed by atoms with Crippen molar-refractivity contribution in [2.24, 2.45) is 0 Å². The zero-order chi connectivity index (χ0) is 14.4. The van der Waals surface area contributed by atoms with Crippen molar-refractivity contribution in [2.45, 2.75) is 19.4 Å². The van der Waals surface area contributed by atoms with Crippen LogP contribution < -0.4 is 10.2 Å². The Kier molecular flexibility index (Phi) is 5.13. The van der Waals surface area contributed by atoms with Gasteiger partial charge in [0.25, 0.3) is 0 Å². The molecule has 1 N–H and O–H groups in total. The zero-order valence-electron chi connectivity index (χ0n) is 12.4. The molecule has 0 saturated carbocycles. The number of nitrogens with zero attached hydrogens (tertiary/aromatic N) is 2. The van der Waals surface area contributed by atoms with Gasteiger partial charge in [-0.3, -0.25) is 0 Å². The molecule has 1 aromatic heterocycles. The van der Waals surface area contributed by atoms with E-state index >= 15 is 0 Å². The highest BCUT2D eigenvalue weighted by Crippen LogP contribution is 2.25. The van der Waals surface area contributed by atoms with Gasteiger partial charge in [-0.25, -0.2) is 4.98 Å². The standard InChI is InChI=1S/C17H23N3/c1-4-5-8-11-20(3)17-16-10-7-6-9-14(16)12-15(19-17)13-18-2/h4,6-7,9-10,12,18H,1,5,8,11,13H2,2-3H3. The molecule has 0 atom stereocenters. The van der Waals surface area contributed by atoms with E-state index in [1.54, 1.807) is 0 Å². The average Bonchev–Trinajstić information content (AvgIpc) is 2.47. The summed E-state index contributed by atoms with van der Waals surface area (Å²) in [6, 6.07) is 10.6. The molecular weight excluding hydrogens is 246 g/mol. The third kappa shape index (κ3) is 3.36. The van der Waals surface area contributed by atoms with Gasteiger partial charge in [-0.2, -0.15) is 0 Å². The molecule has 106 valence electrons. The summed E-state index contributed by atoms with van der Waals surface area (Å²) in [6.45, 7) is 5.56. The van der Waals surface area contributed by atoms with E-state index in [9.17, 15) is 0 Å². The predicted octanol–water partition coefficient (Wildman–Crippen LogP) is 3.36. The molecule has 0 fully saturated rings. The maximum atomic E-state index is 4.81. The molecule has 0 aliphatic carbocycles. The summed E-state index contributed by atoms with van der Waals surface area (Å²) >= 11 is 0. The highest BCUT2D eigenvalue weighted by Gasteiger charge is 2.09. The Bertz CT molecular complexity index is 577. The highest BCUT2D eigenvalue weighted by molar-refractivity contribution is 5.92. The molecule has 0 spiro atoms. The van der Waals surface area contributed by atoms with E-state index in [0.717, 1.165) is 37.4 Å². The lowest BCUT2D eigenvalue weighted by Crippen LogP contribution is -2.21. The largest absolute Gasteiger partial charge is 0.359 e. The van der Waals surface area contributed by atoms with Gasteiger partial charge in [0.15, 0.2) is 0 Å². The molecule has 0 radical (unpaired) electrons. The lowest BCUT2D eigenvalue weighted by atomic mass is 10.1. The van der Waals surface area contributed by atoms with Gasteiger partial charge in [0.05, 0.1) is 5.69 Å². The van der Waals surface area contributed by atoms with Crippen LogP contribution in [0.15, 0.2) is 43.0 Å². The second kappa shape index (κ2) is 7.06. The Morgan fingerprint density at radius 2 is 2.15 bits per heavy atom. The van der Waals surface area contributed by atoms with Crippen LogP contribution in [0.25, 0.3) is 10.8 Å². The Labute approximate surface area is 121 Å². The van der Waals surface area contributed by atoms with Gasteiger partial charge in [-0.1, -0.05) is 30.3 Å². The van der Waals surface area contributed by atoms with Crippen LogP contribution in [0.1, 0.15) is 18.5 Å². The Balaban J connectivity index is 2.35. The smallest absolute Gasteiger partial charge is 0.136 e. The fraction of sp³-hybridized carbons (Fsp3) is 0.353. The number of unbranched alkanes of at least 4 members (excludes halogenated alkanes) is 1. The number of hydrogen-bond donors (Lipinski definition) is 1. The van der Waals surface area contributed by atoms with Crippen molar-refractivity contribution < 1.29 is 0 Å². The molecular formula is C17H23N3. The molecule has 0 aliphatic heterocycles. The van der Waals surface area contributed by atoms with Gasteiger partial charge >= 0.3 is 0 Å². The first-order valence-corrected chi connectivity index (χ1v) is 7.11. The molecule has 1 heterocycles. The molecule has 0 amide bonds. The van der Waals surface area contributed by atoms with Crippen LogP contribution in [-0.4, -0.2) is 25.6 Å². The van der Waals surface area contributed by atoms with Crippen molar-refractivity contribution in [1.82, 2.24) is 10.3 Å². The summed E-state index contributed by atoms with van der Waals surface area (Å²) in [7, 11) is 4.06. The first-order valence-electron chi connectivity index (χ1n) is 7.11. The Hall–Kier alpha value is -1.87. The molecule has 1 aromatic carbocycles. The second-order valence-corrected chi connectivity index (χ2v) is 5.04. The maximum Gasteiger partial charge on any atom is 0.136 e. The number of fused-ring (bicyclic) bond motifs is 1. The van der Waals surface area contributed by atoms with Crippen molar-refractivity contribution in [2.75, 3.05) is 25.5 Å². The first kappa shape index (κ1) is 14.5. The minimum atomic E-state index is 0.790. The van der Waals surface area contributed by atoms with E-state index in [0.29, 0.717) is 0 Å². The van der Waals surface area contributed by atoms with Gasteiger partial charge in [-0.15, -0.1) is 6.58 Å². The van der Waals surface area contributed by atoms with E-state index in [1.807, 2.05) is 13.1 Å². The van der Waals surface area contributed by atoms with Crippen LogP contribution in [-0.2, 0) is 6.54 Å². The van der Waals surface area contributed by atoms with Gasteiger partial charge in [0.2, 0.25) is 0 Å². The second-order valence-electron chi connectivity index (χ2n) is 5.04. The van der Waals surface area contributed by atoms with Crippen molar-refractivity contribution >= 4 is 16.6 Å². The van der Waals surface area contributed by atoms with Crippen LogP contribution in [0.2, 0.25) is 0 Å². The summed E-state index contributed by atoms with van der Waals surface area (Å²) in [5.41, 5.74) is 1.08. The van der Waals surface area contributed by atoms with Crippen molar-refractivity contribution in [3.63, 3.8) is 0 Å². The molecule has 20 heavy (non-hydrogen) atoms. The van der Waals surface area contributed by atoms with E-state index in [1.165, 1.54) is 10.8 Å². The van der Waals surface area contributed by atoms with Gasteiger partial charge < -0.3 is 10.2 Å². The van der Waals surface area contributed by atoms with Gasteiger partial charge in [0.1, 0.15) is 5.82 Å². The minimum absolute atomic E-state index is 0.790. The fourth-order valence-corrected chi connectivity index (χ4v) is 2.38. The number of hydrogen-bond acceptors (Lipinski definition) is 3. The minimum Gasteiger partial charge on any atom is -0.359 e. The summed E-state index contributed by atoms with van der Waals surface area (Å²) in [5, 5.41) is 5.64. The normalized spacial score (nSPS) is 10.7. The summed E-state index contributed by atoms with van der Waals surface area (Å²) in [5.74, 6) is 1.07. The number of benzene rings is 1. The van der Waals surface area contributed by atoms with Crippen LogP contribution in [0, 0.1) is 0 Å². The molecule has 0 saturated heterocycles. The van der Waals surface area contributed by atoms with Crippen LogP contribution in [0.3, 0.4) is 0 Å². The number of aromatic nitrogens is 1. The van der Waals surface area contributed by atoms with Gasteiger partial charge in [0, 0.05) is 25.5 Å². The van der Waals surface area contributed by atoms with E-state index in [-0.39, 0.29) is 0 Å². The quantitative estimate of drug-likeness (QED) is 0.617. The average molecular weight is 269 g/mol. The van der Waals surface area contributed by atoms with E-state index < -0.39 is 0 Å². The summed E-state index contributed by atoms with van der Waals surface area (Å²) in [4.78, 5) is 7.05. The molecule has 3 nitrogen and oxygen atoms in total. The first-order chi connectivity index (χ1) is 9.76. The SMILES string of the molecule is C=CCCCN(C)c1nc(CNC)cc2ccccc12. The third-order valence-corrected chi connectivity index (χ3v) is 3.39. The zero-order valence-corrected chi connectivity index (χ0v) is 12.4. The number of rotatable bonds is 7. The molecule has 2 rings (SSSR count). The van der Waals surface area contributed by atoms with Crippen LogP contribution >= 0.6 is 0 Å². The fourth-order valence-electron chi connectivity index (χ4n) is 2.38. The lowest BCUT2D eigenvalue weighted by Gasteiger charge is -2.21. The summed E-state index contributed by atoms with van der Waals surface area (Å²) in [6.07, 6.45) is 4.11. The Morgan fingerprint density at radius 3 is 2.90 bits per heavy atom.